The molecule has 112 valence electrons. The minimum atomic E-state index is 0.574. The molecule has 1 N–H and O–H groups in total. The fourth-order valence-corrected chi connectivity index (χ4v) is 3.13. The second kappa shape index (κ2) is 6.26. The number of rotatable bonds is 5. The third-order valence-electron chi connectivity index (χ3n) is 4.23. The molecule has 0 aliphatic carbocycles. The first-order valence-electron chi connectivity index (χ1n) is 7.61. The Morgan fingerprint density at radius 3 is 3.19 bits per heavy atom. The van der Waals surface area contributed by atoms with Gasteiger partial charge in [-0.2, -0.15) is 10.2 Å². The van der Waals surface area contributed by atoms with Gasteiger partial charge in [0.1, 0.15) is 0 Å². The van der Waals surface area contributed by atoms with Gasteiger partial charge >= 0.3 is 0 Å². The van der Waals surface area contributed by atoms with Crippen LogP contribution in [-0.4, -0.2) is 38.0 Å². The number of nitrogens with one attached hydrogen (secondary N) is 1. The Kier molecular flexibility index (Phi) is 4.20. The summed E-state index contributed by atoms with van der Waals surface area (Å²) in [5, 5.41) is 11.7. The van der Waals surface area contributed by atoms with Gasteiger partial charge in [0.25, 0.3) is 0 Å². The topological polar surface area (TPSA) is 49.7 Å². The highest BCUT2D eigenvalue weighted by Gasteiger charge is 2.23. The van der Waals surface area contributed by atoms with Crippen molar-refractivity contribution in [2.45, 2.75) is 38.8 Å². The number of nitrogens with zero attached hydrogens (tertiary/aromatic N) is 4. The zero-order valence-corrected chi connectivity index (χ0v) is 12.6. The Labute approximate surface area is 125 Å². The number of H-pyrrole nitrogens is 1. The molecule has 1 saturated heterocycles. The molecule has 0 bridgehead atoms. The van der Waals surface area contributed by atoms with Crippen molar-refractivity contribution < 1.29 is 0 Å². The highest BCUT2D eigenvalue weighted by molar-refractivity contribution is 5.16. The molecule has 2 aromatic heterocycles. The number of likely N-dealkylation sites (tertiary alicyclic amines) is 1. The number of hydrogen-bond donors (Lipinski definition) is 1. The Morgan fingerprint density at radius 1 is 1.52 bits per heavy atom. The Balaban J connectivity index is 1.65. The molecule has 1 aliphatic heterocycles. The van der Waals surface area contributed by atoms with Gasteiger partial charge in [-0.15, -0.1) is 6.58 Å². The summed E-state index contributed by atoms with van der Waals surface area (Å²) in [6, 6.07) is 2.10. The van der Waals surface area contributed by atoms with Crippen LogP contribution in [0.1, 0.15) is 35.7 Å². The molecule has 0 amide bonds. The summed E-state index contributed by atoms with van der Waals surface area (Å²) in [6.45, 7) is 9.87. The van der Waals surface area contributed by atoms with E-state index in [0.29, 0.717) is 5.92 Å². The van der Waals surface area contributed by atoms with Gasteiger partial charge in [-0.3, -0.25) is 14.7 Å². The predicted octanol–water partition coefficient (Wildman–Crippen LogP) is 2.48. The minimum Gasteiger partial charge on any atom is -0.298 e. The molecule has 1 fully saturated rings. The van der Waals surface area contributed by atoms with Crippen molar-refractivity contribution in [3.63, 3.8) is 0 Å². The maximum Gasteiger partial charge on any atom is 0.0638 e. The lowest BCUT2D eigenvalue weighted by Crippen LogP contribution is -2.34. The molecule has 3 heterocycles. The maximum absolute atomic E-state index is 4.54. The van der Waals surface area contributed by atoms with Crippen LogP contribution in [0.2, 0.25) is 0 Å². The van der Waals surface area contributed by atoms with Gasteiger partial charge in [0.15, 0.2) is 0 Å². The summed E-state index contributed by atoms with van der Waals surface area (Å²) in [5.74, 6) is 0.574. The normalized spacial score (nSPS) is 19.8. The fourth-order valence-electron chi connectivity index (χ4n) is 3.13. The lowest BCUT2D eigenvalue weighted by Gasteiger charge is -2.32. The van der Waals surface area contributed by atoms with Gasteiger partial charge in [-0.25, -0.2) is 0 Å². The molecule has 1 unspecified atom stereocenters. The third-order valence-corrected chi connectivity index (χ3v) is 4.23. The monoisotopic (exact) mass is 285 g/mol. The lowest BCUT2D eigenvalue weighted by atomic mass is 9.94. The molecule has 0 radical (unpaired) electrons. The predicted molar refractivity (Wildman–Crippen MR) is 83.0 cm³/mol. The second-order valence-electron chi connectivity index (χ2n) is 5.84. The minimum absolute atomic E-state index is 0.574. The first-order valence-corrected chi connectivity index (χ1v) is 7.61. The zero-order chi connectivity index (χ0) is 14.7. The largest absolute Gasteiger partial charge is 0.298 e. The van der Waals surface area contributed by atoms with Crippen LogP contribution >= 0.6 is 0 Å². The van der Waals surface area contributed by atoms with Crippen molar-refractivity contribution in [2.24, 2.45) is 0 Å². The quantitative estimate of drug-likeness (QED) is 0.859. The number of aromatic amines is 1. The molecule has 0 saturated carbocycles. The molecule has 1 atom stereocenters. The van der Waals surface area contributed by atoms with Crippen molar-refractivity contribution in [1.82, 2.24) is 24.9 Å². The fraction of sp³-hybridized carbons (Fsp3) is 0.500. The molecule has 5 heteroatoms. The van der Waals surface area contributed by atoms with Crippen LogP contribution in [0.25, 0.3) is 0 Å². The Morgan fingerprint density at radius 2 is 2.43 bits per heavy atom. The van der Waals surface area contributed by atoms with E-state index in [-0.39, 0.29) is 0 Å². The molecule has 0 aromatic carbocycles. The number of piperidine rings is 1. The van der Waals surface area contributed by atoms with Crippen molar-refractivity contribution in [1.29, 1.82) is 0 Å². The molecule has 2 aromatic rings. The van der Waals surface area contributed by atoms with E-state index in [0.717, 1.165) is 31.9 Å². The van der Waals surface area contributed by atoms with E-state index in [2.05, 4.69) is 46.0 Å². The maximum atomic E-state index is 4.54. The number of aryl methyl sites for hydroxylation is 1. The standard InChI is InChI=1S/C16H23N5/c1-3-8-21-12-15(13(2)19-21)11-20-9-4-5-14(10-20)16-6-7-17-18-16/h3,6-7,12,14H,1,4-5,8-11H2,2H3,(H,17,18). The SMILES string of the molecule is C=CCn1cc(CN2CCCC(c3ccn[nH]3)C2)c(C)n1. The average Bonchev–Trinajstić information content (AvgIpc) is 3.11. The first kappa shape index (κ1) is 14.1. The molecule has 21 heavy (non-hydrogen) atoms. The second-order valence-corrected chi connectivity index (χ2v) is 5.84. The molecular formula is C16H23N5. The van der Waals surface area contributed by atoms with Gasteiger partial charge in [-0.1, -0.05) is 6.08 Å². The molecule has 0 spiro atoms. The summed E-state index contributed by atoms with van der Waals surface area (Å²) in [5.41, 5.74) is 3.71. The number of hydrogen-bond acceptors (Lipinski definition) is 3. The highest BCUT2D eigenvalue weighted by atomic mass is 15.3. The number of aromatic nitrogens is 4. The summed E-state index contributed by atoms with van der Waals surface area (Å²) in [7, 11) is 0. The van der Waals surface area contributed by atoms with E-state index in [1.165, 1.54) is 24.1 Å². The van der Waals surface area contributed by atoms with Crippen LogP contribution in [0.5, 0.6) is 0 Å². The van der Waals surface area contributed by atoms with E-state index in [1.54, 1.807) is 0 Å². The van der Waals surface area contributed by atoms with Crippen LogP contribution in [0.3, 0.4) is 0 Å². The van der Waals surface area contributed by atoms with Crippen LogP contribution in [0, 0.1) is 6.92 Å². The van der Waals surface area contributed by atoms with E-state index < -0.39 is 0 Å². The van der Waals surface area contributed by atoms with Crippen LogP contribution < -0.4 is 0 Å². The van der Waals surface area contributed by atoms with Crippen LogP contribution in [-0.2, 0) is 13.1 Å². The Hall–Kier alpha value is -1.88. The Bertz CT molecular complexity index is 584. The van der Waals surface area contributed by atoms with Gasteiger partial charge in [0, 0.05) is 42.7 Å². The first-order chi connectivity index (χ1) is 10.3. The molecule has 3 rings (SSSR count). The number of allylic oxidation sites excluding steroid dienone is 1. The zero-order valence-electron chi connectivity index (χ0n) is 12.6. The van der Waals surface area contributed by atoms with E-state index in [4.69, 9.17) is 0 Å². The highest BCUT2D eigenvalue weighted by Crippen LogP contribution is 2.26. The molecule has 5 nitrogen and oxygen atoms in total. The van der Waals surface area contributed by atoms with E-state index in [1.807, 2.05) is 17.0 Å². The van der Waals surface area contributed by atoms with Crippen molar-refractivity contribution >= 4 is 0 Å². The summed E-state index contributed by atoms with van der Waals surface area (Å²) < 4.78 is 1.97. The van der Waals surface area contributed by atoms with Crippen LogP contribution in [0.4, 0.5) is 0 Å². The third kappa shape index (κ3) is 3.24. The lowest BCUT2D eigenvalue weighted by molar-refractivity contribution is 0.198. The molecule has 1 aliphatic rings. The van der Waals surface area contributed by atoms with Gasteiger partial charge < -0.3 is 0 Å². The van der Waals surface area contributed by atoms with Crippen molar-refractivity contribution in [3.05, 3.63) is 48.1 Å². The van der Waals surface area contributed by atoms with Crippen molar-refractivity contribution in [2.75, 3.05) is 13.1 Å². The van der Waals surface area contributed by atoms with Crippen molar-refractivity contribution in [3.8, 4) is 0 Å². The molecular weight excluding hydrogens is 262 g/mol. The smallest absolute Gasteiger partial charge is 0.0638 e. The van der Waals surface area contributed by atoms with Crippen LogP contribution in [0.15, 0.2) is 31.1 Å². The summed E-state index contributed by atoms with van der Waals surface area (Å²) in [4.78, 5) is 2.53. The van der Waals surface area contributed by atoms with E-state index in [9.17, 15) is 0 Å². The van der Waals surface area contributed by atoms with Gasteiger partial charge in [0.2, 0.25) is 0 Å². The average molecular weight is 285 g/mol. The summed E-state index contributed by atoms with van der Waals surface area (Å²) >= 11 is 0. The van der Waals surface area contributed by atoms with E-state index >= 15 is 0 Å². The summed E-state index contributed by atoms with van der Waals surface area (Å²) in [6.07, 6.45) is 8.36. The van der Waals surface area contributed by atoms with Gasteiger partial charge in [-0.05, 0) is 32.4 Å². The van der Waals surface area contributed by atoms with Gasteiger partial charge in [0.05, 0.1) is 12.2 Å².